The summed E-state index contributed by atoms with van der Waals surface area (Å²) in [6, 6.07) is 29.8. The Bertz CT molecular complexity index is 1740. The van der Waals surface area contributed by atoms with Crippen LogP contribution in [0.5, 0.6) is 0 Å². The van der Waals surface area contributed by atoms with Crippen molar-refractivity contribution >= 4 is 88.6 Å². The van der Waals surface area contributed by atoms with Crippen LogP contribution in [0.25, 0.3) is 41.5 Å². The molecule has 532 valence electrons. The Hall–Kier alpha value is -0.427. The molecular formula is C68H136Mn4N8O4Si8. The van der Waals surface area contributed by atoms with Gasteiger partial charge in [0.05, 0.1) is 0 Å². The summed E-state index contributed by atoms with van der Waals surface area (Å²) in [6.45, 7) is 71.2. The van der Waals surface area contributed by atoms with E-state index in [1.807, 2.05) is 76.2 Å². The van der Waals surface area contributed by atoms with Gasteiger partial charge in [-0.15, -0.1) is 22.7 Å². The maximum Gasteiger partial charge on any atom is 2.00 e. The van der Waals surface area contributed by atoms with Crippen LogP contribution in [0.1, 0.15) is 73.6 Å². The normalized spacial score (nSPS) is 13.9. The van der Waals surface area contributed by atoms with E-state index in [0.717, 1.165) is 52.9 Å². The van der Waals surface area contributed by atoms with Gasteiger partial charge in [-0.25, -0.2) is 0 Å². The maximum atomic E-state index is 7.09. The Morgan fingerprint density at radius 3 is 0.359 bits per heavy atom. The molecule has 4 radical (unpaired) electrons. The molecule has 4 aromatic carbocycles. The van der Waals surface area contributed by atoms with Gasteiger partial charge in [0.25, 0.3) is 0 Å². The molecule has 0 aliphatic carbocycles. The van der Waals surface area contributed by atoms with Crippen LogP contribution in [0.2, 0.25) is 157 Å². The molecule has 4 aromatic rings. The number of benzene rings is 4. The molecule has 12 nitrogen and oxygen atoms in total. The van der Waals surface area contributed by atoms with Gasteiger partial charge < -0.3 is 60.5 Å². The van der Waals surface area contributed by atoms with Crippen LogP contribution in [0, 0.1) is 27.7 Å². The molecule has 4 heterocycles. The van der Waals surface area contributed by atoms with Crippen molar-refractivity contribution in [2.24, 2.45) is 0 Å². The van der Waals surface area contributed by atoms with Gasteiger partial charge in [-0.1, -0.05) is 342 Å². The number of aryl methyl sites for hydroxylation is 4. The minimum atomic E-state index is -1.11. The number of nitrogens with zero attached hydrogens (tertiary/aromatic N) is 4. The first-order valence-corrected chi connectivity index (χ1v) is 60.0. The van der Waals surface area contributed by atoms with Gasteiger partial charge in [0.2, 0.25) is 0 Å². The van der Waals surface area contributed by atoms with Crippen LogP contribution in [0.3, 0.4) is 0 Å². The van der Waals surface area contributed by atoms with Gasteiger partial charge in [0, 0.05) is 52.9 Å². The Labute approximate surface area is 620 Å². The van der Waals surface area contributed by atoms with Crippen molar-refractivity contribution in [2.75, 3.05) is 52.9 Å². The van der Waals surface area contributed by atoms with E-state index < -0.39 is 65.9 Å². The van der Waals surface area contributed by atoms with Gasteiger partial charge >= 0.3 is 68.3 Å². The van der Waals surface area contributed by atoms with Crippen molar-refractivity contribution < 1.29 is 87.2 Å². The van der Waals surface area contributed by atoms with Crippen LogP contribution in [0.4, 0.5) is 22.7 Å². The third-order valence-electron chi connectivity index (χ3n) is 10.2. The zero-order chi connectivity index (χ0) is 68.9. The summed E-state index contributed by atoms with van der Waals surface area (Å²) in [5.41, 5.74) is 35.5. The van der Waals surface area contributed by atoms with Crippen molar-refractivity contribution in [3.8, 4) is 0 Å². The van der Waals surface area contributed by atoms with Crippen LogP contribution in [-0.4, -0.2) is 119 Å². The number of ether oxygens (including phenoxy) is 4. The van der Waals surface area contributed by atoms with Crippen molar-refractivity contribution in [3.05, 3.63) is 161 Å². The first kappa shape index (κ1) is 108. The molecule has 4 N–H and O–H groups in total. The van der Waals surface area contributed by atoms with E-state index in [4.69, 9.17) is 60.5 Å². The zero-order valence-electron chi connectivity index (χ0n) is 63.5. The van der Waals surface area contributed by atoms with E-state index in [9.17, 15) is 0 Å². The molecule has 0 spiro atoms. The van der Waals surface area contributed by atoms with Crippen molar-refractivity contribution in [1.29, 1.82) is 0 Å². The van der Waals surface area contributed by atoms with Crippen molar-refractivity contribution in [1.82, 2.24) is 0 Å². The minimum Gasteiger partial charge on any atom is -0.699 e. The summed E-state index contributed by atoms with van der Waals surface area (Å²) in [4.78, 5) is 0. The van der Waals surface area contributed by atoms with E-state index >= 15 is 0 Å². The van der Waals surface area contributed by atoms with Crippen molar-refractivity contribution in [3.63, 3.8) is 0 Å². The van der Waals surface area contributed by atoms with E-state index in [0.29, 0.717) is 22.7 Å². The Morgan fingerprint density at radius 2 is 0.315 bits per heavy atom. The van der Waals surface area contributed by atoms with Crippen LogP contribution in [-0.2, 0) is 87.2 Å². The van der Waals surface area contributed by atoms with Gasteiger partial charge in [0.15, 0.2) is 0 Å². The summed E-state index contributed by atoms with van der Waals surface area (Å²) < 4.78 is 39.1. The molecule has 0 aromatic heterocycles. The summed E-state index contributed by atoms with van der Waals surface area (Å²) in [5, 5.41) is 0. The number of nitrogens with one attached hydrogen (secondary N) is 4. The average molecular weight is 1570 g/mol. The topological polar surface area (TPSA) is 189 Å². The molecule has 4 aliphatic heterocycles. The van der Waals surface area contributed by atoms with Crippen LogP contribution < -0.4 is 0 Å². The largest absolute Gasteiger partial charge is 2.00 e. The van der Waals surface area contributed by atoms with E-state index in [1.54, 1.807) is 48.5 Å². The fourth-order valence-corrected chi connectivity index (χ4v) is 40.5. The standard InChI is InChI=1S/4C7H8N.4C6H18NSi2.4C4H8O.4Mn/c4*1-6-2-4-7(8)5-3-6;4*1-8(2,3)7-9(4,5)6;4*1-2-4-5-3-1;;;;/h4*2-5,8H,1H3;4*1-6H3;4*1-4H2;;;;/q8*-1;;;;;4*+2. The predicted octanol–water partition coefficient (Wildman–Crippen LogP) is 26.0. The van der Waals surface area contributed by atoms with Gasteiger partial charge in [-0.3, -0.25) is 0 Å². The Kier molecular flexibility index (Phi) is 68.2. The Balaban J connectivity index is -0.000000139. The second-order valence-electron chi connectivity index (χ2n) is 30.6. The molecule has 4 fully saturated rings. The summed E-state index contributed by atoms with van der Waals surface area (Å²) in [6.07, 6.45) is 10.2. The molecule has 4 saturated heterocycles. The van der Waals surface area contributed by atoms with E-state index in [1.165, 1.54) is 73.6 Å². The Morgan fingerprint density at radius 1 is 0.217 bits per heavy atom. The molecule has 4 aliphatic rings. The average Bonchev–Trinajstić information content (AvgIpc) is 4.21. The molecule has 0 amide bonds. The number of rotatable bonds is 8. The van der Waals surface area contributed by atoms with Crippen LogP contribution >= 0.6 is 0 Å². The smallest absolute Gasteiger partial charge is 0.699 e. The molecule has 0 bridgehead atoms. The molecule has 0 atom stereocenters. The SMILES string of the molecule is C1CCOC1.C1CCOC1.C1CCOC1.C1CCOC1.C[Si](C)(C)[N-][Si](C)(C)C.C[Si](C)(C)[N-][Si](C)(C)C.C[Si](C)(C)[N-][Si](C)(C)C.C[Si](C)(C)[N-][Si](C)(C)C.Cc1ccc([NH-])cc1.Cc1ccc([NH-])cc1.Cc1ccc([NH-])cc1.Cc1ccc([NH-])cc1.[Mn+2].[Mn+2].[Mn+2].[Mn+2]. The molecule has 92 heavy (non-hydrogen) atoms. The van der Waals surface area contributed by atoms with E-state index in [2.05, 4.69) is 157 Å². The first-order valence-electron chi connectivity index (χ1n) is 32.4. The van der Waals surface area contributed by atoms with Gasteiger partial charge in [0.1, 0.15) is 0 Å². The third kappa shape index (κ3) is 101. The molecule has 24 heteroatoms. The third-order valence-corrected chi connectivity index (χ3v) is 31.7. The summed E-state index contributed by atoms with van der Waals surface area (Å²) in [7, 11) is -8.85. The predicted molar refractivity (Wildman–Crippen MR) is 421 cm³/mol. The van der Waals surface area contributed by atoms with Crippen LogP contribution in [0.15, 0.2) is 97.1 Å². The van der Waals surface area contributed by atoms with E-state index in [-0.39, 0.29) is 68.3 Å². The summed E-state index contributed by atoms with van der Waals surface area (Å²) >= 11 is 0. The quantitative estimate of drug-likeness (QED) is 0.159. The second-order valence-corrected chi connectivity index (χ2v) is 68.9. The molecule has 0 unspecified atom stereocenters. The number of hydrogen-bond donors (Lipinski definition) is 0. The fraction of sp³-hybridized carbons (Fsp3) is 0.647. The van der Waals surface area contributed by atoms with Gasteiger partial charge in [-0.05, 0) is 79.1 Å². The monoisotopic (exact) mass is 1570 g/mol. The van der Waals surface area contributed by atoms with Gasteiger partial charge in [-0.2, -0.15) is 0 Å². The second kappa shape index (κ2) is 58.4. The molecule has 0 saturated carbocycles. The first-order chi connectivity index (χ1) is 40.0. The summed E-state index contributed by atoms with van der Waals surface area (Å²) in [5.74, 6) is 0. The molecular weight excluding hydrogens is 1440 g/mol. The number of hydrogen-bond acceptors (Lipinski definition) is 4. The van der Waals surface area contributed by atoms with Crippen molar-refractivity contribution in [2.45, 2.75) is 236 Å². The maximum absolute atomic E-state index is 7.09. The minimum absolute atomic E-state index is 0. The zero-order valence-corrected chi connectivity index (χ0v) is 76.2. The molecule has 8 rings (SSSR count). The fourth-order valence-electron chi connectivity index (χ4n) is 8.28.